The summed E-state index contributed by atoms with van der Waals surface area (Å²) in [6.45, 7) is 0.509. The first-order valence-electron chi connectivity index (χ1n) is 8.31. The maximum absolute atomic E-state index is 12.6. The number of fused-ring (bicyclic) bond motifs is 1. The molecule has 0 bridgehead atoms. The van der Waals surface area contributed by atoms with Crippen LogP contribution in [-0.2, 0) is 6.42 Å². The van der Waals surface area contributed by atoms with Gasteiger partial charge >= 0.3 is 6.61 Å². The third-order valence-corrected chi connectivity index (χ3v) is 4.66. The van der Waals surface area contributed by atoms with E-state index in [1.165, 1.54) is 6.07 Å². The zero-order chi connectivity index (χ0) is 18.8. The molecule has 0 saturated carbocycles. The summed E-state index contributed by atoms with van der Waals surface area (Å²) >= 11 is 0. The molecular formula is C18H19F2N3O3. The largest absolute Gasteiger partial charge is 0.435 e. The fourth-order valence-corrected chi connectivity index (χ4v) is 3.25. The van der Waals surface area contributed by atoms with Crippen molar-refractivity contribution in [2.45, 2.75) is 45.8 Å². The SMILES string of the molecule is Cc1n[nH]c(=O)c(C(=O)NC2CCCc3cc(OC(F)F)ccc32)c1C. The highest BCUT2D eigenvalue weighted by molar-refractivity contribution is 5.95. The number of aromatic nitrogens is 2. The van der Waals surface area contributed by atoms with Gasteiger partial charge < -0.3 is 10.1 Å². The molecule has 0 aliphatic heterocycles. The van der Waals surface area contributed by atoms with Crippen molar-refractivity contribution in [1.29, 1.82) is 0 Å². The van der Waals surface area contributed by atoms with Crippen molar-refractivity contribution >= 4 is 5.91 Å². The van der Waals surface area contributed by atoms with Crippen molar-refractivity contribution in [3.05, 3.63) is 56.5 Å². The lowest BCUT2D eigenvalue weighted by atomic mass is 9.87. The first-order valence-corrected chi connectivity index (χ1v) is 8.31. The molecule has 1 heterocycles. The third-order valence-electron chi connectivity index (χ3n) is 4.66. The zero-order valence-corrected chi connectivity index (χ0v) is 14.4. The van der Waals surface area contributed by atoms with E-state index in [2.05, 4.69) is 20.3 Å². The molecule has 1 unspecified atom stereocenters. The van der Waals surface area contributed by atoms with Gasteiger partial charge in [0.05, 0.1) is 11.7 Å². The van der Waals surface area contributed by atoms with Crippen LogP contribution in [0.2, 0.25) is 0 Å². The van der Waals surface area contributed by atoms with Crippen LogP contribution in [0.4, 0.5) is 8.78 Å². The van der Waals surface area contributed by atoms with Crippen molar-refractivity contribution in [2.24, 2.45) is 0 Å². The molecule has 1 aliphatic rings. The Kier molecular flexibility index (Phi) is 5.01. The third kappa shape index (κ3) is 3.58. The van der Waals surface area contributed by atoms with E-state index < -0.39 is 18.1 Å². The molecule has 0 spiro atoms. The quantitative estimate of drug-likeness (QED) is 0.875. The van der Waals surface area contributed by atoms with Gasteiger partial charge in [0.25, 0.3) is 11.5 Å². The molecule has 138 valence electrons. The smallest absolute Gasteiger partial charge is 0.387 e. The lowest BCUT2D eigenvalue weighted by molar-refractivity contribution is -0.0499. The maximum Gasteiger partial charge on any atom is 0.387 e. The molecule has 0 radical (unpaired) electrons. The molecule has 2 aromatic rings. The van der Waals surface area contributed by atoms with Crippen molar-refractivity contribution in [2.75, 3.05) is 0 Å². The van der Waals surface area contributed by atoms with Gasteiger partial charge in [-0.3, -0.25) is 9.59 Å². The molecule has 0 fully saturated rings. The Morgan fingerprint density at radius 3 is 2.88 bits per heavy atom. The predicted molar refractivity (Wildman–Crippen MR) is 90.6 cm³/mol. The minimum Gasteiger partial charge on any atom is -0.435 e. The Morgan fingerprint density at radius 1 is 1.38 bits per heavy atom. The number of halogens is 2. The van der Waals surface area contributed by atoms with E-state index in [0.717, 1.165) is 24.0 Å². The standard InChI is InChI=1S/C18H19F2N3O3/c1-9-10(2)22-23-17(25)15(9)16(24)21-14-5-3-4-11-8-12(26-18(19)20)6-7-13(11)14/h6-8,14,18H,3-5H2,1-2H3,(H,21,24)(H,23,25). The fraction of sp³-hybridized carbons (Fsp3) is 0.389. The molecule has 6 nitrogen and oxygen atoms in total. The molecule has 1 aromatic heterocycles. The van der Waals surface area contributed by atoms with E-state index in [0.29, 0.717) is 17.7 Å². The van der Waals surface area contributed by atoms with Crippen molar-refractivity contribution < 1.29 is 18.3 Å². The molecule has 1 aromatic carbocycles. The van der Waals surface area contributed by atoms with Gasteiger partial charge in [-0.1, -0.05) is 6.07 Å². The minimum absolute atomic E-state index is 0.0438. The molecule has 1 amide bonds. The van der Waals surface area contributed by atoms with Gasteiger partial charge in [0.15, 0.2) is 0 Å². The van der Waals surface area contributed by atoms with Gasteiger partial charge in [0.1, 0.15) is 11.3 Å². The predicted octanol–water partition coefficient (Wildman–Crippen LogP) is 2.80. The molecule has 2 N–H and O–H groups in total. The molecule has 1 aliphatic carbocycles. The van der Waals surface area contributed by atoms with Crippen LogP contribution in [0.3, 0.4) is 0 Å². The molecule has 1 atom stereocenters. The Balaban J connectivity index is 1.86. The second kappa shape index (κ2) is 7.23. The number of amides is 1. The number of benzene rings is 1. The van der Waals surface area contributed by atoms with E-state index in [1.54, 1.807) is 26.0 Å². The van der Waals surface area contributed by atoms with Gasteiger partial charge in [-0.05, 0) is 61.9 Å². The number of carbonyl (C=O) groups is 1. The number of aryl methyl sites for hydroxylation is 2. The molecule has 3 rings (SSSR count). The molecular weight excluding hydrogens is 344 g/mol. The molecule has 8 heteroatoms. The van der Waals surface area contributed by atoms with Crippen LogP contribution in [0.5, 0.6) is 5.75 Å². The Hall–Kier alpha value is -2.77. The Labute approximate surface area is 148 Å². The summed E-state index contributed by atoms with van der Waals surface area (Å²) < 4.78 is 29.2. The number of nitrogens with zero attached hydrogens (tertiary/aromatic N) is 1. The number of carbonyl (C=O) groups excluding carboxylic acids is 1. The van der Waals surface area contributed by atoms with Crippen LogP contribution in [-0.4, -0.2) is 22.7 Å². The van der Waals surface area contributed by atoms with Gasteiger partial charge in [0.2, 0.25) is 0 Å². The van der Waals surface area contributed by atoms with Gasteiger partial charge in [-0.25, -0.2) is 5.10 Å². The second-order valence-corrected chi connectivity index (χ2v) is 6.30. The number of rotatable bonds is 4. The highest BCUT2D eigenvalue weighted by atomic mass is 19.3. The van der Waals surface area contributed by atoms with Crippen molar-refractivity contribution in [3.8, 4) is 5.75 Å². The van der Waals surface area contributed by atoms with Crippen LogP contribution in [0, 0.1) is 13.8 Å². The van der Waals surface area contributed by atoms with E-state index in [1.807, 2.05) is 0 Å². The van der Waals surface area contributed by atoms with Crippen LogP contribution in [0.15, 0.2) is 23.0 Å². The van der Waals surface area contributed by atoms with E-state index >= 15 is 0 Å². The van der Waals surface area contributed by atoms with Crippen LogP contribution in [0.1, 0.15) is 51.6 Å². The second-order valence-electron chi connectivity index (χ2n) is 6.30. The van der Waals surface area contributed by atoms with E-state index in [9.17, 15) is 18.4 Å². The minimum atomic E-state index is -2.88. The van der Waals surface area contributed by atoms with Crippen LogP contribution in [0.25, 0.3) is 0 Å². The topological polar surface area (TPSA) is 84.1 Å². The summed E-state index contributed by atoms with van der Waals surface area (Å²) in [7, 11) is 0. The Morgan fingerprint density at radius 2 is 2.15 bits per heavy atom. The van der Waals surface area contributed by atoms with Crippen molar-refractivity contribution in [1.82, 2.24) is 15.5 Å². The first-order chi connectivity index (χ1) is 12.4. The van der Waals surface area contributed by atoms with E-state index in [-0.39, 0.29) is 17.4 Å². The number of H-pyrrole nitrogens is 1. The van der Waals surface area contributed by atoms with Gasteiger partial charge in [-0.2, -0.15) is 13.9 Å². The fourth-order valence-electron chi connectivity index (χ4n) is 3.25. The lowest BCUT2D eigenvalue weighted by Gasteiger charge is -2.27. The lowest BCUT2D eigenvalue weighted by Crippen LogP contribution is -2.35. The average Bonchev–Trinajstić information content (AvgIpc) is 2.58. The summed E-state index contributed by atoms with van der Waals surface area (Å²) in [5.41, 5.74) is 2.32. The number of ether oxygens (including phenoxy) is 1. The first kappa shape index (κ1) is 18.0. The summed E-state index contributed by atoms with van der Waals surface area (Å²) in [5.74, 6) is -0.372. The highest BCUT2D eigenvalue weighted by Crippen LogP contribution is 2.32. The summed E-state index contributed by atoms with van der Waals surface area (Å²) in [6.07, 6.45) is 2.21. The number of alkyl halides is 2. The summed E-state index contributed by atoms with van der Waals surface area (Å²) in [6, 6.07) is 4.43. The molecule has 0 saturated heterocycles. The van der Waals surface area contributed by atoms with Gasteiger partial charge in [-0.15, -0.1) is 0 Å². The molecule has 26 heavy (non-hydrogen) atoms. The monoisotopic (exact) mass is 363 g/mol. The Bertz CT molecular complexity index is 896. The number of aromatic amines is 1. The van der Waals surface area contributed by atoms with Gasteiger partial charge in [0, 0.05) is 0 Å². The normalized spacial score (nSPS) is 16.3. The van der Waals surface area contributed by atoms with Crippen LogP contribution >= 0.6 is 0 Å². The zero-order valence-electron chi connectivity index (χ0n) is 14.4. The number of hydrogen-bond acceptors (Lipinski definition) is 4. The van der Waals surface area contributed by atoms with Crippen LogP contribution < -0.4 is 15.6 Å². The summed E-state index contributed by atoms with van der Waals surface area (Å²) in [4.78, 5) is 24.6. The van der Waals surface area contributed by atoms with E-state index in [4.69, 9.17) is 0 Å². The van der Waals surface area contributed by atoms with Crippen molar-refractivity contribution in [3.63, 3.8) is 0 Å². The number of nitrogens with one attached hydrogen (secondary N) is 2. The highest BCUT2D eigenvalue weighted by Gasteiger charge is 2.25. The number of hydrogen-bond donors (Lipinski definition) is 2. The maximum atomic E-state index is 12.6. The summed E-state index contributed by atoms with van der Waals surface area (Å²) in [5, 5.41) is 9.05. The average molecular weight is 363 g/mol.